The molecule has 0 aromatic carbocycles. The lowest BCUT2D eigenvalue weighted by Gasteiger charge is -2.34. The summed E-state index contributed by atoms with van der Waals surface area (Å²) in [6.07, 6.45) is 6.30. The average molecular weight is 499 g/mol. The molecule has 3 aliphatic carbocycles. The molecule has 0 bridgehead atoms. The Morgan fingerprint density at radius 3 is 2.60 bits per heavy atom. The molecule has 1 unspecified atom stereocenters. The van der Waals surface area contributed by atoms with E-state index >= 15 is 0 Å². The number of urea groups is 1. The first-order valence-corrected chi connectivity index (χ1v) is 13.9. The fraction of sp³-hybridized carbons (Fsp3) is 0.583. The van der Waals surface area contributed by atoms with Gasteiger partial charge in [-0.3, -0.25) is 5.32 Å². The van der Waals surface area contributed by atoms with Gasteiger partial charge in [-0.15, -0.1) is 0 Å². The van der Waals surface area contributed by atoms with Crippen molar-refractivity contribution in [2.75, 3.05) is 30.0 Å². The van der Waals surface area contributed by atoms with E-state index in [-0.39, 0.29) is 23.4 Å². The molecule has 3 saturated carbocycles. The summed E-state index contributed by atoms with van der Waals surface area (Å²) in [6.45, 7) is 3.93. The smallest absolute Gasteiger partial charge is 0.320 e. The number of rotatable bonds is 7. The van der Waals surface area contributed by atoms with Crippen LogP contribution in [0.25, 0.3) is 11.4 Å². The van der Waals surface area contributed by atoms with Gasteiger partial charge in [0, 0.05) is 30.4 Å². The van der Waals surface area contributed by atoms with Gasteiger partial charge in [-0.1, -0.05) is 0 Å². The van der Waals surface area contributed by atoms with Crippen molar-refractivity contribution in [2.45, 2.75) is 67.5 Å². The van der Waals surface area contributed by atoms with Gasteiger partial charge < -0.3 is 15.0 Å². The largest absolute Gasteiger partial charge is 0.377 e. The molecule has 0 spiro atoms. The third-order valence-electron chi connectivity index (χ3n) is 7.23. The minimum atomic E-state index is -3.30. The summed E-state index contributed by atoms with van der Waals surface area (Å²) < 4.78 is 31.4. The average Bonchev–Trinajstić information content (AvgIpc) is 3.70. The number of anilines is 2. The summed E-state index contributed by atoms with van der Waals surface area (Å²) in [5, 5.41) is 5.36. The number of sulfone groups is 1. The predicted molar refractivity (Wildman–Crippen MR) is 131 cm³/mol. The maximum Gasteiger partial charge on any atom is 0.320 e. The molecule has 2 N–H and O–H groups in total. The van der Waals surface area contributed by atoms with Crippen molar-refractivity contribution in [1.29, 1.82) is 0 Å². The normalized spacial score (nSPS) is 23.6. The van der Waals surface area contributed by atoms with Crippen LogP contribution in [0.2, 0.25) is 0 Å². The number of nitrogens with zero attached hydrogens (tertiary/aromatic N) is 4. The summed E-state index contributed by atoms with van der Waals surface area (Å²) in [5.74, 6) is 1.58. The van der Waals surface area contributed by atoms with E-state index in [0.717, 1.165) is 25.7 Å². The maximum absolute atomic E-state index is 13.4. The van der Waals surface area contributed by atoms with Gasteiger partial charge in [-0.05, 0) is 57.6 Å². The first kappa shape index (κ1) is 22.7. The van der Waals surface area contributed by atoms with Crippen molar-refractivity contribution in [2.24, 2.45) is 0 Å². The monoisotopic (exact) mass is 498 g/mol. The van der Waals surface area contributed by atoms with E-state index in [1.165, 1.54) is 0 Å². The van der Waals surface area contributed by atoms with Crippen LogP contribution in [0.3, 0.4) is 0 Å². The van der Waals surface area contributed by atoms with Crippen LogP contribution in [0.5, 0.6) is 0 Å². The summed E-state index contributed by atoms with van der Waals surface area (Å²) in [4.78, 5) is 28.2. The van der Waals surface area contributed by atoms with Crippen LogP contribution in [-0.2, 0) is 19.3 Å². The molecule has 186 valence electrons. The molecule has 6 rings (SSSR count). The number of amides is 2. The Hall–Kier alpha value is -2.79. The zero-order valence-corrected chi connectivity index (χ0v) is 20.6. The van der Waals surface area contributed by atoms with Gasteiger partial charge in [-0.25, -0.2) is 28.2 Å². The van der Waals surface area contributed by atoms with Crippen molar-refractivity contribution in [3.63, 3.8) is 0 Å². The van der Waals surface area contributed by atoms with Crippen LogP contribution >= 0.6 is 0 Å². The number of pyridine rings is 1. The lowest BCUT2D eigenvalue weighted by Crippen LogP contribution is -2.44. The molecule has 1 aliphatic heterocycles. The predicted octanol–water partition coefficient (Wildman–Crippen LogP) is 2.61. The number of morpholine rings is 1. The Labute approximate surface area is 204 Å². The SMILES string of the molecule is CC1COCCN1c1cc(C2(S(=O)(=O)C3CC3)CC2)nc(-c2ccc(NC(=O)NC3CC3)nc2)n1. The van der Waals surface area contributed by atoms with Crippen LogP contribution in [0, 0.1) is 0 Å². The first-order valence-electron chi connectivity index (χ1n) is 12.4. The molecule has 2 amide bonds. The fourth-order valence-corrected chi connectivity index (χ4v) is 7.14. The van der Waals surface area contributed by atoms with E-state index in [0.29, 0.717) is 61.3 Å². The molecule has 3 heterocycles. The molecule has 11 heteroatoms. The quantitative estimate of drug-likeness (QED) is 0.597. The van der Waals surface area contributed by atoms with E-state index in [9.17, 15) is 13.2 Å². The highest BCUT2D eigenvalue weighted by Gasteiger charge is 2.61. The Bertz CT molecular complexity index is 1240. The van der Waals surface area contributed by atoms with E-state index in [4.69, 9.17) is 14.7 Å². The molecule has 1 saturated heterocycles. The van der Waals surface area contributed by atoms with Gasteiger partial charge in [0.15, 0.2) is 15.7 Å². The number of hydrogen-bond acceptors (Lipinski definition) is 8. The fourth-order valence-electron chi connectivity index (χ4n) is 4.67. The Balaban J connectivity index is 1.34. The summed E-state index contributed by atoms with van der Waals surface area (Å²) in [6, 6.07) is 5.49. The van der Waals surface area contributed by atoms with Gasteiger partial charge in [0.2, 0.25) is 0 Å². The lowest BCUT2D eigenvalue weighted by molar-refractivity contribution is 0.0985. The molecule has 4 fully saturated rings. The van der Waals surface area contributed by atoms with E-state index < -0.39 is 14.6 Å². The molecule has 1 atom stereocenters. The number of carbonyl (C=O) groups is 1. The highest BCUT2D eigenvalue weighted by atomic mass is 32.2. The third kappa shape index (κ3) is 4.35. The maximum atomic E-state index is 13.4. The molecule has 10 nitrogen and oxygen atoms in total. The number of hydrogen-bond donors (Lipinski definition) is 2. The molecule has 35 heavy (non-hydrogen) atoms. The molecular weight excluding hydrogens is 468 g/mol. The standard InChI is InChI=1S/C24H30N6O4S/c1-15-14-34-11-10-30(15)21-12-19(24(8-9-24)35(32,33)18-5-6-18)27-22(29-21)16-2-7-20(25-13-16)28-23(31)26-17-3-4-17/h2,7,12-13,15,17-18H,3-6,8-11,14H2,1H3,(H2,25,26,28,31). The second-order valence-electron chi connectivity index (χ2n) is 10.1. The zero-order chi connectivity index (χ0) is 24.2. The molecule has 4 aliphatic rings. The number of carbonyl (C=O) groups excluding carboxylic acids is 1. The Morgan fingerprint density at radius 1 is 1.17 bits per heavy atom. The van der Waals surface area contributed by atoms with Crippen molar-refractivity contribution in [3.05, 3.63) is 30.1 Å². The molecule has 2 aromatic rings. The topological polar surface area (TPSA) is 126 Å². The number of ether oxygens (including phenoxy) is 1. The third-order valence-corrected chi connectivity index (χ3v) is 10.3. The summed E-state index contributed by atoms with van der Waals surface area (Å²) in [5.41, 5.74) is 1.25. The molecule has 2 aromatic heterocycles. The van der Waals surface area contributed by atoms with Gasteiger partial charge >= 0.3 is 6.03 Å². The minimum Gasteiger partial charge on any atom is -0.377 e. The van der Waals surface area contributed by atoms with Crippen LogP contribution in [0.15, 0.2) is 24.4 Å². The molecule has 0 radical (unpaired) electrons. The van der Waals surface area contributed by atoms with Crippen molar-refractivity contribution < 1.29 is 17.9 Å². The van der Waals surface area contributed by atoms with Crippen LogP contribution < -0.4 is 15.5 Å². The highest BCUT2D eigenvalue weighted by molar-refractivity contribution is 7.93. The van der Waals surface area contributed by atoms with Gasteiger partial charge in [-0.2, -0.15) is 0 Å². The van der Waals surface area contributed by atoms with Crippen molar-refractivity contribution >= 4 is 27.5 Å². The zero-order valence-electron chi connectivity index (χ0n) is 19.7. The van der Waals surface area contributed by atoms with Gasteiger partial charge in [0.1, 0.15) is 16.4 Å². The van der Waals surface area contributed by atoms with E-state index in [1.807, 2.05) is 6.07 Å². The highest BCUT2D eigenvalue weighted by Crippen LogP contribution is 2.57. The summed E-state index contributed by atoms with van der Waals surface area (Å²) >= 11 is 0. The molecular formula is C24H30N6O4S. The number of nitrogens with one attached hydrogen (secondary N) is 2. The number of aromatic nitrogens is 3. The second-order valence-corrected chi connectivity index (χ2v) is 12.6. The second kappa shape index (κ2) is 8.41. The van der Waals surface area contributed by atoms with Crippen molar-refractivity contribution in [1.82, 2.24) is 20.3 Å². The van der Waals surface area contributed by atoms with Gasteiger partial charge in [0.05, 0.1) is 30.2 Å². The summed E-state index contributed by atoms with van der Waals surface area (Å²) in [7, 11) is -3.30. The van der Waals surface area contributed by atoms with Crippen molar-refractivity contribution in [3.8, 4) is 11.4 Å². The van der Waals surface area contributed by atoms with E-state index in [1.54, 1.807) is 18.3 Å². The lowest BCUT2D eigenvalue weighted by atomic mass is 10.2. The first-order chi connectivity index (χ1) is 16.9. The van der Waals surface area contributed by atoms with Crippen LogP contribution in [-0.4, -0.2) is 66.5 Å². The Kier molecular flexibility index (Phi) is 5.44. The van der Waals surface area contributed by atoms with Crippen LogP contribution in [0.1, 0.15) is 51.1 Å². The van der Waals surface area contributed by atoms with E-state index in [2.05, 4.69) is 27.4 Å². The Morgan fingerprint density at radius 2 is 1.97 bits per heavy atom. The van der Waals surface area contributed by atoms with Crippen LogP contribution in [0.4, 0.5) is 16.4 Å². The minimum absolute atomic E-state index is 0.115. The van der Waals surface area contributed by atoms with Gasteiger partial charge in [0.25, 0.3) is 0 Å².